The van der Waals surface area contributed by atoms with Crippen LogP contribution in [0.2, 0.25) is 0 Å². The SMILES string of the molecule is CC(=O)N1CC(=O)N(C(=O)OC(C)(C)C)/C(=C\C(C)C)C1=O. The van der Waals surface area contributed by atoms with E-state index < -0.39 is 36.0 Å². The molecule has 7 heteroatoms. The van der Waals surface area contributed by atoms with E-state index in [0.717, 1.165) is 4.90 Å². The average Bonchev–Trinajstić information content (AvgIpc) is 2.29. The molecule has 1 aliphatic rings. The van der Waals surface area contributed by atoms with Gasteiger partial charge in [-0.25, -0.2) is 9.69 Å². The van der Waals surface area contributed by atoms with Crippen LogP contribution in [0.5, 0.6) is 0 Å². The van der Waals surface area contributed by atoms with Gasteiger partial charge in [0.15, 0.2) is 0 Å². The summed E-state index contributed by atoms with van der Waals surface area (Å²) in [5.74, 6) is -1.98. The van der Waals surface area contributed by atoms with E-state index in [9.17, 15) is 19.2 Å². The molecule has 0 unspecified atom stereocenters. The average molecular weight is 310 g/mol. The van der Waals surface area contributed by atoms with Crippen LogP contribution in [0.25, 0.3) is 0 Å². The van der Waals surface area contributed by atoms with Crippen LogP contribution in [0.1, 0.15) is 41.5 Å². The molecule has 0 saturated carbocycles. The van der Waals surface area contributed by atoms with E-state index in [1.54, 1.807) is 34.6 Å². The Kier molecular flexibility index (Phi) is 5.11. The molecule has 22 heavy (non-hydrogen) atoms. The molecule has 0 atom stereocenters. The van der Waals surface area contributed by atoms with Gasteiger partial charge in [-0.3, -0.25) is 19.3 Å². The molecule has 0 aromatic carbocycles. The molecule has 0 N–H and O–H groups in total. The van der Waals surface area contributed by atoms with Crippen LogP contribution >= 0.6 is 0 Å². The van der Waals surface area contributed by atoms with E-state index in [1.165, 1.54) is 13.0 Å². The summed E-state index contributed by atoms with van der Waals surface area (Å²) in [5.41, 5.74) is -0.947. The van der Waals surface area contributed by atoms with Crippen LogP contribution in [0.15, 0.2) is 11.8 Å². The van der Waals surface area contributed by atoms with Crippen molar-refractivity contribution in [1.82, 2.24) is 9.80 Å². The molecule has 122 valence electrons. The molecule has 0 aromatic heterocycles. The standard InChI is InChI=1S/C15H22N2O5/c1-9(2)7-11-13(20)16(10(3)18)8-12(19)17(11)14(21)22-15(4,5)6/h7,9H,8H2,1-6H3/b11-7-. The summed E-state index contributed by atoms with van der Waals surface area (Å²) in [6, 6.07) is 0. The second-order valence-corrected chi connectivity index (χ2v) is 6.42. The topological polar surface area (TPSA) is 84.0 Å². The number of allylic oxidation sites excluding steroid dienone is 1. The number of hydrogen-bond acceptors (Lipinski definition) is 5. The lowest BCUT2D eigenvalue weighted by Gasteiger charge is -2.34. The van der Waals surface area contributed by atoms with Crippen molar-refractivity contribution < 1.29 is 23.9 Å². The van der Waals surface area contributed by atoms with Gasteiger partial charge >= 0.3 is 6.09 Å². The van der Waals surface area contributed by atoms with Crippen LogP contribution in [-0.2, 0) is 19.1 Å². The Labute approximate surface area is 129 Å². The summed E-state index contributed by atoms with van der Waals surface area (Å²) in [5, 5.41) is 0. The quantitative estimate of drug-likeness (QED) is 0.688. The maximum Gasteiger partial charge on any atom is 0.421 e. The molecule has 0 bridgehead atoms. The Hall–Kier alpha value is -2.18. The van der Waals surface area contributed by atoms with Gasteiger partial charge in [-0.1, -0.05) is 19.9 Å². The molecule has 4 amide bonds. The molecule has 0 radical (unpaired) electrons. The van der Waals surface area contributed by atoms with Gasteiger partial charge in [-0.2, -0.15) is 0 Å². The lowest BCUT2D eigenvalue weighted by Crippen LogP contribution is -2.56. The van der Waals surface area contributed by atoms with Crippen molar-refractivity contribution in [1.29, 1.82) is 0 Å². The smallest absolute Gasteiger partial charge is 0.421 e. The Balaban J connectivity index is 3.24. The Bertz CT molecular complexity index is 543. The second kappa shape index (κ2) is 6.29. The first-order valence-corrected chi connectivity index (χ1v) is 7.04. The van der Waals surface area contributed by atoms with Crippen molar-refractivity contribution in [3.05, 3.63) is 11.8 Å². The number of carbonyl (C=O) groups excluding carboxylic acids is 4. The predicted octanol–water partition coefficient (Wildman–Crippen LogP) is 1.68. The molecule has 0 aromatic rings. The second-order valence-electron chi connectivity index (χ2n) is 6.42. The minimum Gasteiger partial charge on any atom is -0.443 e. The summed E-state index contributed by atoms with van der Waals surface area (Å²) in [6.07, 6.45) is 0.556. The largest absolute Gasteiger partial charge is 0.443 e. The summed E-state index contributed by atoms with van der Waals surface area (Å²) < 4.78 is 5.17. The highest BCUT2D eigenvalue weighted by atomic mass is 16.6. The number of hydrogen-bond donors (Lipinski definition) is 0. The monoisotopic (exact) mass is 310 g/mol. The van der Waals surface area contributed by atoms with Crippen LogP contribution in [-0.4, -0.2) is 45.8 Å². The Morgan fingerprint density at radius 3 is 2.18 bits per heavy atom. The zero-order valence-corrected chi connectivity index (χ0v) is 13.8. The number of nitrogens with zero attached hydrogens (tertiary/aromatic N) is 2. The summed E-state index contributed by atoms with van der Waals surface area (Å²) in [6.45, 7) is 9.30. The fourth-order valence-electron chi connectivity index (χ4n) is 1.87. The van der Waals surface area contributed by atoms with Crippen LogP contribution < -0.4 is 0 Å². The summed E-state index contributed by atoms with van der Waals surface area (Å²) in [4.78, 5) is 49.8. The van der Waals surface area contributed by atoms with Gasteiger partial charge in [0.2, 0.25) is 5.91 Å². The molecule has 1 fully saturated rings. The third kappa shape index (κ3) is 4.16. The molecule has 0 spiro atoms. The first kappa shape index (κ1) is 17.9. The molecule has 0 aliphatic carbocycles. The number of carbonyl (C=O) groups is 4. The van der Waals surface area contributed by atoms with Gasteiger partial charge in [0.05, 0.1) is 0 Å². The van der Waals surface area contributed by atoms with E-state index in [-0.39, 0.29) is 11.6 Å². The van der Waals surface area contributed by atoms with Crippen molar-refractivity contribution in [3.63, 3.8) is 0 Å². The van der Waals surface area contributed by atoms with Gasteiger partial charge < -0.3 is 4.74 Å². The minimum absolute atomic E-state index is 0.0939. The predicted molar refractivity (Wildman–Crippen MR) is 78.4 cm³/mol. The minimum atomic E-state index is -0.916. The van der Waals surface area contributed by atoms with E-state index >= 15 is 0 Å². The Morgan fingerprint density at radius 2 is 1.77 bits per heavy atom. The van der Waals surface area contributed by atoms with Gasteiger partial charge in [-0.05, 0) is 26.7 Å². The normalized spacial score (nSPS) is 18.2. The highest BCUT2D eigenvalue weighted by Gasteiger charge is 2.42. The van der Waals surface area contributed by atoms with E-state index in [1.807, 2.05) is 0 Å². The highest BCUT2D eigenvalue weighted by molar-refractivity contribution is 6.14. The number of ether oxygens (including phenoxy) is 1. The molecule has 1 rings (SSSR count). The van der Waals surface area contributed by atoms with E-state index in [2.05, 4.69) is 0 Å². The van der Waals surface area contributed by atoms with Crippen LogP contribution in [0, 0.1) is 5.92 Å². The van der Waals surface area contributed by atoms with E-state index in [4.69, 9.17) is 4.74 Å². The number of rotatable bonds is 1. The number of piperazine rings is 1. The first-order chi connectivity index (χ1) is 9.94. The Morgan fingerprint density at radius 1 is 1.23 bits per heavy atom. The van der Waals surface area contributed by atoms with Crippen LogP contribution in [0.3, 0.4) is 0 Å². The van der Waals surface area contributed by atoms with Crippen LogP contribution in [0.4, 0.5) is 4.79 Å². The van der Waals surface area contributed by atoms with Gasteiger partial charge in [0.25, 0.3) is 11.8 Å². The zero-order chi connectivity index (χ0) is 17.2. The highest BCUT2D eigenvalue weighted by Crippen LogP contribution is 2.22. The first-order valence-electron chi connectivity index (χ1n) is 7.04. The molecule has 1 aliphatic heterocycles. The van der Waals surface area contributed by atoms with Crippen molar-refractivity contribution in [3.8, 4) is 0 Å². The molecular weight excluding hydrogens is 288 g/mol. The fourth-order valence-corrected chi connectivity index (χ4v) is 1.87. The van der Waals surface area contributed by atoms with Gasteiger partial charge in [0, 0.05) is 6.92 Å². The molecule has 1 saturated heterocycles. The van der Waals surface area contributed by atoms with Crippen molar-refractivity contribution >= 4 is 23.8 Å². The van der Waals surface area contributed by atoms with Crippen molar-refractivity contribution in [2.24, 2.45) is 5.92 Å². The maximum absolute atomic E-state index is 12.4. The molecule has 7 nitrogen and oxygen atoms in total. The maximum atomic E-state index is 12.4. The molecule has 1 heterocycles. The summed E-state index contributed by atoms with van der Waals surface area (Å²) in [7, 11) is 0. The lowest BCUT2D eigenvalue weighted by molar-refractivity contribution is -0.152. The van der Waals surface area contributed by atoms with E-state index in [0.29, 0.717) is 4.90 Å². The third-order valence-corrected chi connectivity index (χ3v) is 2.70. The lowest BCUT2D eigenvalue weighted by atomic mass is 10.1. The van der Waals surface area contributed by atoms with Crippen molar-refractivity contribution in [2.45, 2.75) is 47.1 Å². The third-order valence-electron chi connectivity index (χ3n) is 2.70. The van der Waals surface area contributed by atoms with Crippen molar-refractivity contribution in [2.75, 3.05) is 6.54 Å². The van der Waals surface area contributed by atoms with Gasteiger partial charge in [0.1, 0.15) is 17.8 Å². The number of imide groups is 2. The summed E-state index contributed by atoms with van der Waals surface area (Å²) >= 11 is 0. The molecular formula is C15H22N2O5. The zero-order valence-electron chi connectivity index (χ0n) is 13.8. The fraction of sp³-hybridized carbons (Fsp3) is 0.600. The number of amides is 4. The van der Waals surface area contributed by atoms with Gasteiger partial charge in [-0.15, -0.1) is 0 Å².